The molecule has 3 aromatic carbocycles. The number of halogens is 2. The Morgan fingerprint density at radius 2 is 1.75 bits per heavy atom. The molecule has 122 valence electrons. The van der Waals surface area contributed by atoms with Gasteiger partial charge in [-0.15, -0.1) is 0 Å². The fourth-order valence-corrected chi connectivity index (χ4v) is 2.70. The fraction of sp³-hybridized carbons (Fsp3) is 0.105. The summed E-state index contributed by atoms with van der Waals surface area (Å²) >= 11 is 11.8. The number of hydrogen-bond donors (Lipinski definition) is 1. The molecule has 0 aromatic heterocycles. The topological polar surface area (TPSA) is 38.3 Å². The molecule has 0 aliphatic rings. The molecule has 3 nitrogen and oxygen atoms in total. The van der Waals surface area contributed by atoms with Crippen molar-refractivity contribution < 1.29 is 9.53 Å². The van der Waals surface area contributed by atoms with Crippen LogP contribution in [0.1, 0.15) is 5.56 Å². The Hall–Kier alpha value is -2.23. The zero-order valence-corrected chi connectivity index (χ0v) is 14.3. The Kier molecular flexibility index (Phi) is 5.24. The van der Waals surface area contributed by atoms with Gasteiger partial charge in [-0.1, -0.05) is 65.7 Å². The van der Waals surface area contributed by atoms with E-state index in [4.69, 9.17) is 27.9 Å². The van der Waals surface area contributed by atoms with E-state index in [1.807, 2.05) is 42.5 Å². The highest BCUT2D eigenvalue weighted by molar-refractivity contribution is 6.42. The molecule has 0 saturated heterocycles. The zero-order chi connectivity index (χ0) is 16.9. The summed E-state index contributed by atoms with van der Waals surface area (Å²) in [6.45, 7) is 0.369. The third-order valence-corrected chi connectivity index (χ3v) is 4.36. The van der Waals surface area contributed by atoms with Crippen LogP contribution in [-0.4, -0.2) is 12.5 Å². The number of carbonyl (C=O) groups excluding carboxylic acids is 1. The molecule has 0 unspecified atom stereocenters. The molecule has 5 heteroatoms. The maximum atomic E-state index is 12.0. The molecular weight excluding hydrogens is 345 g/mol. The second-order valence-electron chi connectivity index (χ2n) is 5.28. The van der Waals surface area contributed by atoms with Crippen LogP contribution in [0.5, 0.6) is 5.75 Å². The molecule has 0 aliphatic carbocycles. The Labute approximate surface area is 150 Å². The molecule has 3 aromatic rings. The summed E-state index contributed by atoms with van der Waals surface area (Å²) in [4.78, 5) is 12.0. The SMILES string of the molecule is O=C(COc1ccc(Cl)c(Cl)c1)NCc1cccc2ccccc12. The predicted octanol–water partition coefficient (Wildman–Crippen LogP) is 4.84. The Bertz CT molecular complexity index is 875. The largest absolute Gasteiger partial charge is 0.484 e. The molecule has 1 amide bonds. The maximum absolute atomic E-state index is 12.0. The highest BCUT2D eigenvalue weighted by Gasteiger charge is 2.06. The van der Waals surface area contributed by atoms with Gasteiger partial charge in [0, 0.05) is 12.6 Å². The molecule has 0 bridgehead atoms. The summed E-state index contributed by atoms with van der Waals surface area (Å²) < 4.78 is 5.42. The minimum Gasteiger partial charge on any atom is -0.484 e. The van der Waals surface area contributed by atoms with E-state index < -0.39 is 0 Å². The van der Waals surface area contributed by atoms with Crippen molar-refractivity contribution in [3.05, 3.63) is 76.3 Å². The van der Waals surface area contributed by atoms with Gasteiger partial charge in [0.2, 0.25) is 0 Å². The Morgan fingerprint density at radius 1 is 0.958 bits per heavy atom. The fourth-order valence-electron chi connectivity index (χ4n) is 2.41. The van der Waals surface area contributed by atoms with E-state index in [1.165, 1.54) is 0 Å². The summed E-state index contributed by atoms with van der Waals surface area (Å²) in [5, 5.41) is 5.99. The van der Waals surface area contributed by atoms with Gasteiger partial charge in [0.05, 0.1) is 10.0 Å². The molecule has 0 saturated carbocycles. The van der Waals surface area contributed by atoms with Gasteiger partial charge in [0.15, 0.2) is 6.61 Å². The third kappa shape index (κ3) is 3.99. The summed E-state index contributed by atoms with van der Waals surface area (Å²) in [5.74, 6) is 0.304. The molecular formula is C19H15Cl2NO2. The van der Waals surface area contributed by atoms with Gasteiger partial charge in [-0.05, 0) is 28.5 Å². The Balaban J connectivity index is 1.58. The molecule has 24 heavy (non-hydrogen) atoms. The highest BCUT2D eigenvalue weighted by Crippen LogP contribution is 2.26. The van der Waals surface area contributed by atoms with E-state index in [2.05, 4.69) is 5.32 Å². The second kappa shape index (κ2) is 7.56. The first-order valence-electron chi connectivity index (χ1n) is 7.44. The number of rotatable bonds is 5. The summed E-state index contributed by atoms with van der Waals surface area (Å²) in [5.41, 5.74) is 1.07. The summed E-state index contributed by atoms with van der Waals surface area (Å²) in [6, 6.07) is 19.0. The van der Waals surface area contributed by atoms with Crippen molar-refractivity contribution in [1.29, 1.82) is 0 Å². The molecule has 0 spiro atoms. The van der Waals surface area contributed by atoms with Crippen LogP contribution in [0.15, 0.2) is 60.7 Å². The number of amides is 1. The van der Waals surface area contributed by atoms with E-state index in [1.54, 1.807) is 18.2 Å². The smallest absolute Gasteiger partial charge is 0.258 e. The molecule has 3 rings (SSSR count). The second-order valence-corrected chi connectivity index (χ2v) is 6.09. The monoisotopic (exact) mass is 359 g/mol. The van der Waals surface area contributed by atoms with Crippen molar-refractivity contribution in [3.8, 4) is 5.75 Å². The van der Waals surface area contributed by atoms with Crippen molar-refractivity contribution in [3.63, 3.8) is 0 Å². The lowest BCUT2D eigenvalue weighted by Gasteiger charge is -2.10. The number of benzene rings is 3. The minimum atomic E-state index is -0.200. The third-order valence-electron chi connectivity index (χ3n) is 3.62. The average molecular weight is 360 g/mol. The predicted molar refractivity (Wildman–Crippen MR) is 97.8 cm³/mol. The van der Waals surface area contributed by atoms with Gasteiger partial charge in [-0.3, -0.25) is 4.79 Å². The molecule has 0 aliphatic heterocycles. The van der Waals surface area contributed by atoms with Crippen LogP contribution >= 0.6 is 23.2 Å². The van der Waals surface area contributed by atoms with E-state index in [0.717, 1.165) is 16.3 Å². The average Bonchev–Trinajstić information content (AvgIpc) is 2.61. The van der Waals surface area contributed by atoms with Gasteiger partial charge in [-0.2, -0.15) is 0 Å². The van der Waals surface area contributed by atoms with Crippen LogP contribution < -0.4 is 10.1 Å². The van der Waals surface area contributed by atoms with E-state index >= 15 is 0 Å². The molecule has 0 atom stereocenters. The number of carbonyl (C=O) groups is 1. The lowest BCUT2D eigenvalue weighted by Crippen LogP contribution is -2.28. The molecule has 0 radical (unpaired) electrons. The van der Waals surface area contributed by atoms with Gasteiger partial charge in [0.1, 0.15) is 5.75 Å². The molecule has 0 fully saturated rings. The van der Waals surface area contributed by atoms with Crippen LogP contribution in [-0.2, 0) is 11.3 Å². The standard InChI is InChI=1S/C19H15Cl2NO2/c20-17-9-8-15(10-18(17)21)24-12-19(23)22-11-14-6-3-5-13-4-1-2-7-16(13)14/h1-10H,11-12H2,(H,22,23). The number of ether oxygens (including phenoxy) is 1. The maximum Gasteiger partial charge on any atom is 0.258 e. The van der Waals surface area contributed by atoms with Gasteiger partial charge >= 0.3 is 0 Å². The van der Waals surface area contributed by atoms with Gasteiger partial charge in [-0.25, -0.2) is 0 Å². The zero-order valence-electron chi connectivity index (χ0n) is 12.8. The first-order valence-corrected chi connectivity index (χ1v) is 8.20. The van der Waals surface area contributed by atoms with E-state index in [-0.39, 0.29) is 12.5 Å². The first kappa shape index (κ1) is 16.6. The van der Waals surface area contributed by atoms with Crippen LogP contribution in [0.2, 0.25) is 10.0 Å². The van der Waals surface area contributed by atoms with Crippen molar-refractivity contribution in [2.75, 3.05) is 6.61 Å². The van der Waals surface area contributed by atoms with Crippen LogP contribution in [0.4, 0.5) is 0 Å². The van der Waals surface area contributed by atoms with E-state index in [0.29, 0.717) is 22.3 Å². The van der Waals surface area contributed by atoms with Gasteiger partial charge in [0.25, 0.3) is 5.91 Å². The number of nitrogens with one attached hydrogen (secondary N) is 1. The lowest BCUT2D eigenvalue weighted by molar-refractivity contribution is -0.123. The van der Waals surface area contributed by atoms with Crippen LogP contribution in [0, 0.1) is 0 Å². The first-order chi connectivity index (χ1) is 11.6. The van der Waals surface area contributed by atoms with Crippen LogP contribution in [0.25, 0.3) is 10.8 Å². The molecule has 0 heterocycles. The van der Waals surface area contributed by atoms with Gasteiger partial charge < -0.3 is 10.1 Å². The van der Waals surface area contributed by atoms with Crippen molar-refractivity contribution in [1.82, 2.24) is 5.32 Å². The molecule has 1 N–H and O–H groups in total. The number of fused-ring (bicyclic) bond motifs is 1. The quantitative estimate of drug-likeness (QED) is 0.707. The lowest BCUT2D eigenvalue weighted by atomic mass is 10.0. The Morgan fingerprint density at radius 3 is 2.58 bits per heavy atom. The van der Waals surface area contributed by atoms with Crippen molar-refractivity contribution >= 4 is 39.9 Å². The van der Waals surface area contributed by atoms with Crippen molar-refractivity contribution in [2.45, 2.75) is 6.54 Å². The summed E-state index contributed by atoms with van der Waals surface area (Å²) in [7, 11) is 0. The minimum absolute atomic E-state index is 0.0806. The summed E-state index contributed by atoms with van der Waals surface area (Å²) in [6.07, 6.45) is 0. The highest BCUT2D eigenvalue weighted by atomic mass is 35.5. The van der Waals surface area contributed by atoms with Crippen molar-refractivity contribution in [2.24, 2.45) is 0 Å². The van der Waals surface area contributed by atoms with E-state index in [9.17, 15) is 4.79 Å². The normalized spacial score (nSPS) is 10.6. The number of hydrogen-bond acceptors (Lipinski definition) is 2. The van der Waals surface area contributed by atoms with Crippen LogP contribution in [0.3, 0.4) is 0 Å².